The van der Waals surface area contributed by atoms with Crippen LogP contribution < -0.4 is 0 Å². The van der Waals surface area contributed by atoms with Crippen molar-refractivity contribution in [3.63, 3.8) is 0 Å². The third-order valence-electron chi connectivity index (χ3n) is 4.13. The van der Waals surface area contributed by atoms with Crippen molar-refractivity contribution in [1.29, 1.82) is 0 Å². The molecule has 1 N–H and O–H groups in total. The topological polar surface area (TPSA) is 35.8 Å². The molecule has 1 saturated heterocycles. The molecule has 0 unspecified atom stereocenters. The summed E-state index contributed by atoms with van der Waals surface area (Å²) in [5, 5.41) is 13.3. The van der Waals surface area contributed by atoms with E-state index in [1.807, 2.05) is 12.1 Å². The summed E-state index contributed by atoms with van der Waals surface area (Å²) in [7, 11) is 0. The van der Waals surface area contributed by atoms with Gasteiger partial charge in [0.25, 0.3) is 0 Å². The number of nitrogens with zero attached hydrogens (tertiary/aromatic N) is 2. The summed E-state index contributed by atoms with van der Waals surface area (Å²) in [5.41, 5.74) is 2.05. The van der Waals surface area contributed by atoms with Crippen LogP contribution in [0, 0.1) is 0 Å². The molecule has 4 heteroatoms. The molecule has 0 aromatic heterocycles. The molecule has 110 valence electrons. The fourth-order valence-corrected chi connectivity index (χ4v) is 3.47. The van der Waals surface area contributed by atoms with Gasteiger partial charge in [0.1, 0.15) is 0 Å². The number of hydrogen-bond acceptors (Lipinski definition) is 3. The summed E-state index contributed by atoms with van der Waals surface area (Å²) in [6, 6.07) is 8.01. The second-order valence-corrected chi connectivity index (χ2v) is 7.29. The minimum Gasteiger partial charge on any atom is -0.411 e. The number of rotatable bonds is 2. The zero-order valence-electron chi connectivity index (χ0n) is 12.7. The van der Waals surface area contributed by atoms with Crippen LogP contribution in [0.15, 0.2) is 29.4 Å². The third kappa shape index (κ3) is 3.15. The number of hydrogen-bond donors (Lipinski definition) is 1. The van der Waals surface area contributed by atoms with Crippen LogP contribution in [0.3, 0.4) is 0 Å². The van der Waals surface area contributed by atoms with Gasteiger partial charge in [-0.3, -0.25) is 4.90 Å². The van der Waals surface area contributed by atoms with Gasteiger partial charge in [-0.2, -0.15) is 0 Å². The van der Waals surface area contributed by atoms with Gasteiger partial charge in [-0.05, 0) is 45.4 Å². The lowest BCUT2D eigenvalue weighted by molar-refractivity contribution is 0.000146. The van der Waals surface area contributed by atoms with Gasteiger partial charge >= 0.3 is 0 Å². The first kappa shape index (κ1) is 15.3. The Balaban J connectivity index is 2.26. The highest BCUT2D eigenvalue weighted by molar-refractivity contribution is 6.30. The Kier molecular flexibility index (Phi) is 4.12. The zero-order valence-corrected chi connectivity index (χ0v) is 13.4. The van der Waals surface area contributed by atoms with Crippen LogP contribution >= 0.6 is 11.6 Å². The Morgan fingerprint density at radius 1 is 1.10 bits per heavy atom. The fourth-order valence-electron chi connectivity index (χ4n) is 3.34. The normalized spacial score (nSPS) is 21.8. The van der Waals surface area contributed by atoms with E-state index in [4.69, 9.17) is 16.8 Å². The number of benzene rings is 1. The molecule has 0 saturated carbocycles. The van der Waals surface area contributed by atoms with E-state index in [-0.39, 0.29) is 11.1 Å². The lowest BCUT2D eigenvalue weighted by Crippen LogP contribution is -2.60. The summed E-state index contributed by atoms with van der Waals surface area (Å²) in [4.78, 5) is 2.48. The summed E-state index contributed by atoms with van der Waals surface area (Å²) in [6.45, 7) is 9.68. The monoisotopic (exact) mass is 294 g/mol. The predicted molar refractivity (Wildman–Crippen MR) is 83.6 cm³/mol. The van der Waals surface area contributed by atoms with E-state index in [2.05, 4.69) is 49.9 Å². The van der Waals surface area contributed by atoms with Gasteiger partial charge in [-0.15, -0.1) is 0 Å². The first-order chi connectivity index (χ1) is 9.24. The minimum atomic E-state index is -0.0387. The molecule has 1 aromatic rings. The Labute approximate surface area is 126 Å². The molecule has 1 heterocycles. The van der Waals surface area contributed by atoms with Crippen molar-refractivity contribution in [1.82, 2.24) is 4.90 Å². The zero-order chi connectivity index (χ0) is 15.0. The largest absolute Gasteiger partial charge is 0.411 e. The van der Waals surface area contributed by atoms with Crippen molar-refractivity contribution in [2.75, 3.05) is 0 Å². The number of halogens is 1. The molecule has 1 aliphatic heterocycles. The maximum absolute atomic E-state index is 9.12. The van der Waals surface area contributed by atoms with Crippen molar-refractivity contribution in [2.24, 2.45) is 5.16 Å². The van der Waals surface area contributed by atoms with Gasteiger partial charge in [0.15, 0.2) is 0 Å². The SMILES string of the molecule is CC1(C)CC(=NO)CC(C)(C)N1Cc1ccc(Cl)cc1. The van der Waals surface area contributed by atoms with Crippen LogP contribution in [-0.2, 0) is 6.54 Å². The van der Waals surface area contributed by atoms with Crippen molar-refractivity contribution in [2.45, 2.75) is 58.2 Å². The van der Waals surface area contributed by atoms with Crippen molar-refractivity contribution in [3.8, 4) is 0 Å². The van der Waals surface area contributed by atoms with Gasteiger partial charge in [0.05, 0.1) is 5.71 Å². The van der Waals surface area contributed by atoms with E-state index in [9.17, 15) is 0 Å². The van der Waals surface area contributed by atoms with E-state index in [0.29, 0.717) is 0 Å². The molecule has 0 aliphatic carbocycles. The molecule has 0 spiro atoms. The summed E-state index contributed by atoms with van der Waals surface area (Å²) in [5.74, 6) is 0. The third-order valence-corrected chi connectivity index (χ3v) is 4.38. The molecule has 0 radical (unpaired) electrons. The van der Waals surface area contributed by atoms with Crippen LogP contribution in [0.1, 0.15) is 46.1 Å². The van der Waals surface area contributed by atoms with Gasteiger partial charge in [0, 0.05) is 35.5 Å². The van der Waals surface area contributed by atoms with Gasteiger partial charge in [-0.1, -0.05) is 28.9 Å². The first-order valence-corrected chi connectivity index (χ1v) is 7.34. The second kappa shape index (κ2) is 5.38. The predicted octanol–water partition coefficient (Wildman–Crippen LogP) is 4.32. The van der Waals surface area contributed by atoms with Gasteiger partial charge in [0.2, 0.25) is 0 Å². The molecule has 0 bridgehead atoms. The molecule has 3 nitrogen and oxygen atoms in total. The van der Waals surface area contributed by atoms with E-state index in [1.54, 1.807) is 0 Å². The lowest BCUT2D eigenvalue weighted by Gasteiger charge is -2.53. The van der Waals surface area contributed by atoms with Gasteiger partial charge < -0.3 is 5.21 Å². The highest BCUT2D eigenvalue weighted by Gasteiger charge is 2.43. The Morgan fingerprint density at radius 3 is 2.05 bits per heavy atom. The molecule has 2 rings (SSSR count). The van der Waals surface area contributed by atoms with E-state index < -0.39 is 0 Å². The molecule has 0 amide bonds. The van der Waals surface area contributed by atoms with Crippen molar-refractivity contribution >= 4 is 17.3 Å². The van der Waals surface area contributed by atoms with E-state index in [1.165, 1.54) is 5.56 Å². The Morgan fingerprint density at radius 2 is 1.60 bits per heavy atom. The van der Waals surface area contributed by atoms with Crippen LogP contribution in [0.2, 0.25) is 5.02 Å². The van der Waals surface area contributed by atoms with E-state index in [0.717, 1.165) is 30.1 Å². The molecular formula is C16H23ClN2O. The Bertz CT molecular complexity index is 486. The highest BCUT2D eigenvalue weighted by atomic mass is 35.5. The number of oxime groups is 1. The maximum atomic E-state index is 9.12. The average Bonchev–Trinajstić information content (AvgIpc) is 2.35. The molecule has 1 aliphatic rings. The molecule has 1 aromatic carbocycles. The van der Waals surface area contributed by atoms with Crippen LogP contribution in [-0.4, -0.2) is 26.9 Å². The van der Waals surface area contributed by atoms with Crippen LogP contribution in [0.25, 0.3) is 0 Å². The van der Waals surface area contributed by atoms with Gasteiger partial charge in [-0.25, -0.2) is 0 Å². The number of piperidine rings is 1. The average molecular weight is 295 g/mol. The van der Waals surface area contributed by atoms with Crippen molar-refractivity contribution < 1.29 is 5.21 Å². The summed E-state index contributed by atoms with van der Waals surface area (Å²) >= 11 is 5.95. The maximum Gasteiger partial charge on any atom is 0.0607 e. The summed E-state index contributed by atoms with van der Waals surface area (Å²) < 4.78 is 0. The van der Waals surface area contributed by atoms with E-state index >= 15 is 0 Å². The fraction of sp³-hybridized carbons (Fsp3) is 0.562. The quantitative estimate of drug-likeness (QED) is 0.651. The molecule has 0 atom stereocenters. The second-order valence-electron chi connectivity index (χ2n) is 6.86. The smallest absolute Gasteiger partial charge is 0.0607 e. The Hall–Kier alpha value is -1.06. The minimum absolute atomic E-state index is 0.0387. The van der Waals surface area contributed by atoms with Crippen LogP contribution in [0.4, 0.5) is 0 Å². The molecule has 1 fully saturated rings. The molecule has 20 heavy (non-hydrogen) atoms. The van der Waals surface area contributed by atoms with Crippen LogP contribution in [0.5, 0.6) is 0 Å². The standard InChI is InChI=1S/C16H23ClN2O/c1-15(2)9-14(18-20)10-16(3,4)19(15)11-12-5-7-13(17)8-6-12/h5-8,20H,9-11H2,1-4H3. The molecular weight excluding hydrogens is 272 g/mol. The summed E-state index contributed by atoms with van der Waals surface area (Å²) in [6.07, 6.45) is 1.58. The number of likely N-dealkylation sites (tertiary alicyclic amines) is 1. The first-order valence-electron chi connectivity index (χ1n) is 6.97. The highest BCUT2D eigenvalue weighted by Crippen LogP contribution is 2.38. The van der Waals surface area contributed by atoms with Crippen molar-refractivity contribution in [3.05, 3.63) is 34.9 Å². The lowest BCUT2D eigenvalue weighted by atomic mass is 9.78.